The molecule has 52 heavy (non-hydrogen) atoms. The molecule has 1 amide bonds. The van der Waals surface area contributed by atoms with Crippen LogP contribution in [0.4, 0.5) is 19.1 Å². The van der Waals surface area contributed by atoms with Crippen LogP contribution in [0.25, 0.3) is 11.0 Å². The molecule has 2 aromatic heterocycles. The number of anilines is 1. The van der Waals surface area contributed by atoms with E-state index in [-0.39, 0.29) is 12.5 Å². The Labute approximate surface area is 301 Å². The molecule has 3 heterocycles. The zero-order valence-corrected chi connectivity index (χ0v) is 29.8. The van der Waals surface area contributed by atoms with Crippen LogP contribution in [-0.2, 0) is 12.7 Å². The smallest absolute Gasteiger partial charge is 0.416 e. The van der Waals surface area contributed by atoms with Gasteiger partial charge in [-0.3, -0.25) is 4.79 Å². The van der Waals surface area contributed by atoms with Crippen LogP contribution >= 0.6 is 0 Å². The summed E-state index contributed by atoms with van der Waals surface area (Å²) in [6.45, 7) is 6.27. The first-order valence-electron chi connectivity index (χ1n) is 17.3. The first kappa shape index (κ1) is 36.6. The SMILES string of the molecule is COc1cc(C(=O)NCC(CCN2CCCN(c3nc4ccccc4n3Cc3ccoc3)CC2)c2cccc(C(F)(F)F)c2)c(C)c(OC)c1OC. The van der Waals surface area contributed by atoms with Crippen molar-refractivity contribution in [3.63, 3.8) is 0 Å². The third kappa shape index (κ3) is 7.99. The van der Waals surface area contributed by atoms with Gasteiger partial charge in [-0.25, -0.2) is 4.98 Å². The fourth-order valence-corrected chi connectivity index (χ4v) is 6.96. The molecule has 0 saturated carbocycles. The lowest BCUT2D eigenvalue weighted by Crippen LogP contribution is -2.34. The molecule has 1 fully saturated rings. The van der Waals surface area contributed by atoms with Crippen molar-refractivity contribution in [2.45, 2.75) is 38.4 Å². The summed E-state index contributed by atoms with van der Waals surface area (Å²) in [6.07, 6.45) is 0.358. The van der Waals surface area contributed by atoms with Crippen molar-refractivity contribution < 1.29 is 36.6 Å². The van der Waals surface area contributed by atoms with Crippen molar-refractivity contribution in [1.82, 2.24) is 19.8 Å². The lowest BCUT2D eigenvalue weighted by molar-refractivity contribution is -0.137. The van der Waals surface area contributed by atoms with Crippen LogP contribution in [0.5, 0.6) is 17.2 Å². The molecule has 10 nitrogen and oxygen atoms in total. The average molecular weight is 720 g/mol. The summed E-state index contributed by atoms with van der Waals surface area (Å²) in [5, 5.41) is 2.99. The summed E-state index contributed by atoms with van der Waals surface area (Å²) in [7, 11) is 4.44. The number of amides is 1. The number of rotatable bonds is 13. The second-order valence-corrected chi connectivity index (χ2v) is 12.9. The van der Waals surface area contributed by atoms with Crippen molar-refractivity contribution >= 4 is 22.9 Å². The van der Waals surface area contributed by atoms with Crippen LogP contribution in [-0.4, -0.2) is 81.0 Å². The van der Waals surface area contributed by atoms with Gasteiger partial charge >= 0.3 is 6.18 Å². The maximum atomic E-state index is 13.8. The predicted octanol–water partition coefficient (Wildman–Crippen LogP) is 7.15. The molecule has 1 N–H and O–H groups in total. The Kier molecular flexibility index (Phi) is 11.3. The van der Waals surface area contributed by atoms with E-state index in [1.807, 2.05) is 24.3 Å². The first-order valence-corrected chi connectivity index (χ1v) is 17.3. The van der Waals surface area contributed by atoms with Gasteiger partial charge in [0.2, 0.25) is 11.7 Å². The van der Waals surface area contributed by atoms with E-state index in [1.165, 1.54) is 33.5 Å². The van der Waals surface area contributed by atoms with Gasteiger partial charge in [0.1, 0.15) is 0 Å². The van der Waals surface area contributed by atoms with E-state index in [2.05, 4.69) is 25.8 Å². The molecule has 0 spiro atoms. The Morgan fingerprint density at radius 3 is 2.50 bits per heavy atom. The molecule has 1 aliphatic rings. The number of alkyl halides is 3. The van der Waals surface area contributed by atoms with Crippen molar-refractivity contribution in [1.29, 1.82) is 0 Å². The number of hydrogen-bond acceptors (Lipinski definition) is 8. The maximum absolute atomic E-state index is 13.8. The highest BCUT2D eigenvalue weighted by molar-refractivity contribution is 5.97. The van der Waals surface area contributed by atoms with Crippen LogP contribution < -0.4 is 24.4 Å². The largest absolute Gasteiger partial charge is 0.493 e. The van der Waals surface area contributed by atoms with E-state index in [0.29, 0.717) is 53.4 Å². The van der Waals surface area contributed by atoms with Gasteiger partial charge in [0.25, 0.3) is 5.91 Å². The molecule has 0 aliphatic carbocycles. The van der Waals surface area contributed by atoms with Crippen molar-refractivity contribution in [3.8, 4) is 17.2 Å². The van der Waals surface area contributed by atoms with Crippen LogP contribution in [0.1, 0.15) is 51.4 Å². The number of hydrogen-bond donors (Lipinski definition) is 1. The highest BCUT2D eigenvalue weighted by Gasteiger charge is 2.31. The molecular formula is C39H44F3N5O5. The lowest BCUT2D eigenvalue weighted by Gasteiger charge is -2.26. The number of ether oxygens (including phenoxy) is 3. The summed E-state index contributed by atoms with van der Waals surface area (Å²) in [4.78, 5) is 23.3. The Morgan fingerprint density at radius 1 is 0.962 bits per heavy atom. The van der Waals surface area contributed by atoms with Crippen LogP contribution in [0.3, 0.4) is 0 Å². The van der Waals surface area contributed by atoms with Gasteiger partial charge < -0.3 is 38.3 Å². The molecule has 0 radical (unpaired) electrons. The number of benzene rings is 3. The summed E-state index contributed by atoms with van der Waals surface area (Å²) in [5.41, 5.74) is 3.70. The zero-order chi connectivity index (χ0) is 36.8. The lowest BCUT2D eigenvalue weighted by atomic mass is 9.93. The molecule has 276 valence electrons. The van der Waals surface area contributed by atoms with Crippen molar-refractivity contribution in [2.24, 2.45) is 0 Å². The number of nitrogens with zero attached hydrogens (tertiary/aromatic N) is 4. The number of furan rings is 1. The van der Waals surface area contributed by atoms with Gasteiger partial charge in [0, 0.05) is 48.8 Å². The van der Waals surface area contributed by atoms with Gasteiger partial charge in [-0.15, -0.1) is 0 Å². The van der Waals surface area contributed by atoms with E-state index in [1.54, 1.807) is 31.6 Å². The Balaban J connectivity index is 1.18. The molecule has 6 rings (SSSR count). The number of aromatic nitrogens is 2. The highest BCUT2D eigenvalue weighted by atomic mass is 19.4. The summed E-state index contributed by atoms with van der Waals surface area (Å²) in [5.74, 6) is 1.19. The summed E-state index contributed by atoms with van der Waals surface area (Å²) >= 11 is 0. The van der Waals surface area contributed by atoms with Gasteiger partial charge in [0.15, 0.2) is 11.5 Å². The van der Waals surface area contributed by atoms with E-state index in [9.17, 15) is 18.0 Å². The Hall–Kier alpha value is -5.17. The third-order valence-corrected chi connectivity index (χ3v) is 9.74. The Bertz CT molecular complexity index is 1980. The number of carbonyl (C=O) groups is 1. The number of imidazole rings is 1. The number of carbonyl (C=O) groups excluding carboxylic acids is 1. The van der Waals surface area contributed by atoms with E-state index >= 15 is 0 Å². The first-order chi connectivity index (χ1) is 25.1. The van der Waals surface area contributed by atoms with E-state index < -0.39 is 17.6 Å². The second-order valence-electron chi connectivity index (χ2n) is 12.9. The van der Waals surface area contributed by atoms with Crippen LogP contribution in [0.2, 0.25) is 0 Å². The van der Waals surface area contributed by atoms with Gasteiger partial charge in [-0.1, -0.05) is 30.3 Å². The minimum absolute atomic E-state index is 0.133. The minimum atomic E-state index is -4.49. The second kappa shape index (κ2) is 16.0. The minimum Gasteiger partial charge on any atom is -0.493 e. The summed E-state index contributed by atoms with van der Waals surface area (Å²) < 4.78 is 65.3. The van der Waals surface area contributed by atoms with E-state index in [4.69, 9.17) is 23.6 Å². The molecule has 13 heteroatoms. The number of para-hydroxylation sites is 2. The molecule has 1 aliphatic heterocycles. The molecule has 1 unspecified atom stereocenters. The average Bonchev–Trinajstić information content (AvgIpc) is 3.73. The van der Waals surface area contributed by atoms with Crippen molar-refractivity contribution in [3.05, 3.63) is 101 Å². The molecule has 0 bridgehead atoms. The normalized spacial score (nSPS) is 14.6. The molecule has 3 aromatic carbocycles. The topological polar surface area (TPSA) is 94.2 Å². The number of methoxy groups -OCH3 is 3. The Morgan fingerprint density at radius 2 is 1.77 bits per heavy atom. The zero-order valence-electron chi connectivity index (χ0n) is 29.8. The van der Waals surface area contributed by atoms with Gasteiger partial charge in [0.05, 0.1) is 57.0 Å². The number of nitrogens with one attached hydrogen (secondary N) is 1. The molecular weight excluding hydrogens is 675 g/mol. The van der Waals surface area contributed by atoms with Crippen LogP contribution in [0, 0.1) is 6.92 Å². The number of fused-ring (bicyclic) bond motifs is 1. The van der Waals surface area contributed by atoms with Crippen LogP contribution in [0.15, 0.2) is 77.6 Å². The standard InChI is InChI=1S/C39H44F3N5O5/c1-26-31(22-34(49-2)36(51-4)35(26)50-3)37(48)43-23-29(28-9-7-10-30(21-28)39(40,41)42)13-17-45-15-8-16-46(19-18-45)38-44-32-11-5-6-12-33(32)47(38)24-27-14-20-52-25-27/h5-7,9-12,14,20-22,25,29H,8,13,15-19,23-24H2,1-4H3,(H,43,48). The van der Waals surface area contributed by atoms with E-state index in [0.717, 1.165) is 61.2 Å². The molecule has 5 aromatic rings. The maximum Gasteiger partial charge on any atom is 0.416 e. The fourth-order valence-electron chi connectivity index (χ4n) is 6.96. The molecule has 1 saturated heterocycles. The monoisotopic (exact) mass is 719 g/mol. The highest BCUT2D eigenvalue weighted by Crippen LogP contribution is 2.41. The number of halogens is 3. The summed E-state index contributed by atoms with van der Waals surface area (Å²) in [6, 6.07) is 17.0. The van der Waals surface area contributed by atoms with Gasteiger partial charge in [-0.2, -0.15) is 13.2 Å². The molecule has 1 atom stereocenters. The third-order valence-electron chi connectivity index (χ3n) is 9.74. The predicted molar refractivity (Wildman–Crippen MR) is 193 cm³/mol. The van der Waals surface area contributed by atoms with Gasteiger partial charge in [-0.05, 0) is 68.8 Å². The quantitative estimate of drug-likeness (QED) is 0.137. The fraction of sp³-hybridized carbons (Fsp3) is 0.385. The van der Waals surface area contributed by atoms with Crippen molar-refractivity contribution in [2.75, 3.05) is 65.5 Å².